The van der Waals surface area contributed by atoms with Crippen molar-refractivity contribution < 1.29 is 0 Å². The third-order valence-electron chi connectivity index (χ3n) is 2.94. The van der Waals surface area contributed by atoms with Crippen molar-refractivity contribution in [2.45, 2.75) is 31.7 Å². The van der Waals surface area contributed by atoms with Crippen LogP contribution in [0.25, 0.3) is 0 Å². The first-order valence-corrected chi connectivity index (χ1v) is 5.51. The molecule has 1 saturated carbocycles. The lowest BCUT2D eigenvalue weighted by Gasteiger charge is -2.15. The first kappa shape index (κ1) is 10.7. The number of nitrogens with one attached hydrogen (secondary N) is 3. The number of rotatable bonds is 3. The summed E-state index contributed by atoms with van der Waals surface area (Å²) in [4.78, 5) is 14.1. The van der Waals surface area contributed by atoms with Crippen LogP contribution in [0.2, 0.25) is 0 Å². The normalized spacial score (nSPS) is 16.2. The molecule has 1 aromatic heterocycles. The molecule has 5 nitrogen and oxygen atoms in total. The fourth-order valence-electron chi connectivity index (χ4n) is 2.16. The van der Waals surface area contributed by atoms with Crippen molar-refractivity contribution >= 4 is 11.5 Å². The van der Waals surface area contributed by atoms with Gasteiger partial charge in [-0.15, -0.1) is 0 Å². The van der Waals surface area contributed by atoms with E-state index in [0.717, 1.165) is 12.8 Å². The van der Waals surface area contributed by atoms with E-state index in [1.807, 2.05) is 0 Å². The predicted octanol–water partition coefficient (Wildman–Crippen LogP) is 1.01. The van der Waals surface area contributed by atoms with Crippen molar-refractivity contribution in [3.63, 3.8) is 0 Å². The Morgan fingerprint density at radius 3 is 2.81 bits per heavy atom. The number of nitrogen functional groups attached to an aromatic ring is 1. The zero-order chi connectivity index (χ0) is 11.5. The molecule has 1 aromatic rings. The van der Waals surface area contributed by atoms with Crippen LogP contribution in [0.1, 0.15) is 31.2 Å². The molecule has 0 atom stereocenters. The summed E-state index contributed by atoms with van der Waals surface area (Å²) in [5, 5.41) is 10.7. The largest absolute Gasteiger partial charge is 0.383 e. The molecular weight excluding hydrogens is 204 g/mol. The van der Waals surface area contributed by atoms with Crippen LogP contribution >= 0.6 is 0 Å². The summed E-state index contributed by atoms with van der Waals surface area (Å²) in [7, 11) is 0. The second kappa shape index (κ2) is 4.38. The van der Waals surface area contributed by atoms with Crippen LogP contribution in [0.15, 0.2) is 17.1 Å². The molecule has 5 N–H and O–H groups in total. The molecule has 0 unspecified atom stereocenters. The quantitative estimate of drug-likeness (QED) is 0.452. The van der Waals surface area contributed by atoms with Gasteiger partial charge in [-0.05, 0) is 18.9 Å². The highest BCUT2D eigenvalue weighted by atomic mass is 16.1. The number of hydrogen-bond donors (Lipinski definition) is 4. The lowest BCUT2D eigenvalue weighted by molar-refractivity contribution is 0.754. The molecule has 16 heavy (non-hydrogen) atoms. The Hall–Kier alpha value is -1.78. The highest BCUT2D eigenvalue weighted by Gasteiger charge is 2.17. The van der Waals surface area contributed by atoms with Gasteiger partial charge in [-0.2, -0.15) is 0 Å². The highest BCUT2D eigenvalue weighted by Crippen LogP contribution is 2.22. The molecule has 1 fully saturated rings. The number of aromatic amines is 1. The number of amidine groups is 1. The lowest BCUT2D eigenvalue weighted by Crippen LogP contribution is -2.27. The van der Waals surface area contributed by atoms with Gasteiger partial charge >= 0.3 is 0 Å². The van der Waals surface area contributed by atoms with Gasteiger partial charge in [-0.25, -0.2) is 0 Å². The third kappa shape index (κ3) is 2.08. The van der Waals surface area contributed by atoms with E-state index >= 15 is 0 Å². The Labute approximate surface area is 93.6 Å². The Bertz CT molecular complexity index is 446. The fourth-order valence-corrected chi connectivity index (χ4v) is 2.16. The second-order valence-electron chi connectivity index (χ2n) is 4.13. The van der Waals surface area contributed by atoms with Crippen LogP contribution in [-0.4, -0.2) is 16.9 Å². The van der Waals surface area contributed by atoms with Crippen molar-refractivity contribution in [3.05, 3.63) is 28.2 Å². The molecule has 1 heterocycles. The number of nitrogens with two attached hydrogens (primary N) is 1. The topological polar surface area (TPSA) is 94.8 Å². The van der Waals surface area contributed by atoms with Crippen molar-refractivity contribution in [2.75, 3.05) is 5.32 Å². The van der Waals surface area contributed by atoms with Gasteiger partial charge in [-0.1, -0.05) is 12.8 Å². The summed E-state index contributed by atoms with van der Waals surface area (Å²) in [6.07, 6.45) is 6.24. The van der Waals surface area contributed by atoms with Gasteiger partial charge in [0.2, 0.25) is 0 Å². The summed E-state index contributed by atoms with van der Waals surface area (Å²) in [5.74, 6) is -0.192. The van der Waals surface area contributed by atoms with Gasteiger partial charge in [0, 0.05) is 12.2 Å². The fraction of sp³-hybridized carbons (Fsp3) is 0.455. The SMILES string of the molecule is N=C(N)c1c(NC2CCCC2)cc[nH]c1=O. The Kier molecular flexibility index (Phi) is 2.94. The van der Waals surface area contributed by atoms with E-state index in [0.29, 0.717) is 11.7 Å². The van der Waals surface area contributed by atoms with E-state index in [1.165, 1.54) is 12.8 Å². The minimum atomic E-state index is -0.310. The van der Waals surface area contributed by atoms with Gasteiger partial charge in [0.25, 0.3) is 5.56 Å². The van der Waals surface area contributed by atoms with E-state index in [1.54, 1.807) is 12.3 Å². The summed E-state index contributed by atoms with van der Waals surface area (Å²) in [5.41, 5.74) is 6.02. The number of aromatic nitrogens is 1. The minimum Gasteiger partial charge on any atom is -0.383 e. The van der Waals surface area contributed by atoms with Gasteiger partial charge in [0.1, 0.15) is 11.4 Å². The second-order valence-corrected chi connectivity index (χ2v) is 4.13. The molecule has 0 saturated heterocycles. The van der Waals surface area contributed by atoms with Gasteiger partial charge in [0.05, 0.1) is 5.69 Å². The number of hydrogen-bond acceptors (Lipinski definition) is 3. The Morgan fingerprint density at radius 1 is 1.50 bits per heavy atom. The maximum Gasteiger partial charge on any atom is 0.261 e. The van der Waals surface area contributed by atoms with Crippen LogP contribution in [0, 0.1) is 5.41 Å². The van der Waals surface area contributed by atoms with Crippen molar-refractivity contribution in [1.29, 1.82) is 5.41 Å². The number of pyridine rings is 1. The molecule has 2 rings (SSSR count). The maximum absolute atomic E-state index is 11.5. The molecule has 0 bridgehead atoms. The van der Waals surface area contributed by atoms with Gasteiger partial charge in [-0.3, -0.25) is 10.2 Å². The zero-order valence-corrected chi connectivity index (χ0v) is 9.05. The van der Waals surface area contributed by atoms with E-state index in [4.69, 9.17) is 11.1 Å². The van der Waals surface area contributed by atoms with Crippen molar-refractivity contribution in [3.8, 4) is 0 Å². The summed E-state index contributed by atoms with van der Waals surface area (Å²) < 4.78 is 0. The van der Waals surface area contributed by atoms with E-state index in [-0.39, 0.29) is 17.0 Å². The number of H-pyrrole nitrogens is 1. The molecule has 0 spiro atoms. The van der Waals surface area contributed by atoms with Crippen LogP contribution in [0.4, 0.5) is 5.69 Å². The first-order valence-electron chi connectivity index (χ1n) is 5.51. The summed E-state index contributed by atoms with van der Waals surface area (Å²) in [6.45, 7) is 0. The summed E-state index contributed by atoms with van der Waals surface area (Å²) >= 11 is 0. The molecule has 1 aliphatic rings. The highest BCUT2D eigenvalue weighted by molar-refractivity contribution is 5.99. The molecular formula is C11H16N4O. The lowest BCUT2D eigenvalue weighted by atomic mass is 10.1. The molecule has 0 aliphatic heterocycles. The summed E-state index contributed by atoms with van der Waals surface area (Å²) in [6, 6.07) is 2.16. The molecule has 0 radical (unpaired) electrons. The molecule has 0 amide bonds. The monoisotopic (exact) mass is 220 g/mol. The van der Waals surface area contributed by atoms with E-state index in [2.05, 4.69) is 10.3 Å². The molecule has 0 aromatic carbocycles. The van der Waals surface area contributed by atoms with Crippen molar-refractivity contribution in [1.82, 2.24) is 4.98 Å². The standard InChI is InChI=1S/C11H16N4O/c12-10(13)9-8(5-6-14-11(9)16)15-7-3-1-2-4-7/h5-7H,1-4H2,(H3,12,13)(H2,14,15,16). The molecule has 5 heteroatoms. The molecule has 86 valence electrons. The van der Waals surface area contributed by atoms with Crippen LogP contribution in [0.5, 0.6) is 0 Å². The van der Waals surface area contributed by atoms with Crippen molar-refractivity contribution in [2.24, 2.45) is 5.73 Å². The van der Waals surface area contributed by atoms with Crippen LogP contribution < -0.4 is 16.6 Å². The first-order chi connectivity index (χ1) is 7.68. The van der Waals surface area contributed by atoms with E-state index < -0.39 is 0 Å². The van der Waals surface area contributed by atoms with Gasteiger partial charge < -0.3 is 16.0 Å². The maximum atomic E-state index is 11.5. The van der Waals surface area contributed by atoms with Crippen LogP contribution in [0.3, 0.4) is 0 Å². The smallest absolute Gasteiger partial charge is 0.261 e. The van der Waals surface area contributed by atoms with E-state index in [9.17, 15) is 4.79 Å². The third-order valence-corrected chi connectivity index (χ3v) is 2.94. The van der Waals surface area contributed by atoms with Gasteiger partial charge in [0.15, 0.2) is 0 Å². The Balaban J connectivity index is 2.28. The Morgan fingerprint density at radius 2 is 2.19 bits per heavy atom. The molecule has 1 aliphatic carbocycles. The van der Waals surface area contributed by atoms with Crippen LogP contribution in [-0.2, 0) is 0 Å². The average Bonchev–Trinajstić information content (AvgIpc) is 2.70. The average molecular weight is 220 g/mol. The number of anilines is 1. The predicted molar refractivity (Wildman–Crippen MR) is 64.0 cm³/mol. The zero-order valence-electron chi connectivity index (χ0n) is 9.05. The minimum absolute atomic E-state index is 0.192.